The maximum atomic E-state index is 8.84. The summed E-state index contributed by atoms with van der Waals surface area (Å²) in [7, 11) is 0. The molecular weight excluding hydrogens is 250 g/mol. The average Bonchev–Trinajstić information content (AvgIpc) is 2.16. The van der Waals surface area contributed by atoms with E-state index in [4.69, 9.17) is 5.11 Å². The van der Waals surface area contributed by atoms with Crippen molar-refractivity contribution in [1.82, 2.24) is 4.98 Å². The van der Waals surface area contributed by atoms with E-state index in [1.54, 1.807) is 18.0 Å². The monoisotopic (exact) mass is 261 g/mol. The van der Waals surface area contributed by atoms with Crippen LogP contribution in [0.3, 0.4) is 0 Å². The summed E-state index contributed by atoms with van der Waals surface area (Å²) in [6.07, 6.45) is 1.77. The molecule has 0 spiro atoms. The molecule has 0 amide bonds. The van der Waals surface area contributed by atoms with Crippen LogP contribution in [0, 0.1) is 5.92 Å². The maximum Gasteiger partial charge on any atom is 0.110 e. The zero-order valence-electron chi connectivity index (χ0n) is 7.40. The Labute approximate surface area is 90.9 Å². The van der Waals surface area contributed by atoms with Crippen molar-refractivity contribution in [3.63, 3.8) is 0 Å². The molecular formula is C9H12BrNOS. The lowest BCUT2D eigenvalue weighted by atomic mass is 10.2. The van der Waals surface area contributed by atoms with Gasteiger partial charge in [-0.15, -0.1) is 11.8 Å². The third-order valence-corrected chi connectivity index (χ3v) is 3.78. The van der Waals surface area contributed by atoms with Gasteiger partial charge in [0.15, 0.2) is 0 Å². The van der Waals surface area contributed by atoms with Gasteiger partial charge in [-0.05, 0) is 34.0 Å². The zero-order chi connectivity index (χ0) is 9.68. The van der Waals surface area contributed by atoms with E-state index >= 15 is 0 Å². The summed E-state index contributed by atoms with van der Waals surface area (Å²) in [5.41, 5.74) is 0. The second kappa shape index (κ2) is 5.62. The van der Waals surface area contributed by atoms with Crippen molar-refractivity contribution in [2.24, 2.45) is 5.92 Å². The van der Waals surface area contributed by atoms with Gasteiger partial charge in [-0.1, -0.05) is 6.92 Å². The second-order valence-corrected chi connectivity index (χ2v) is 4.75. The Kier molecular flexibility index (Phi) is 4.77. The van der Waals surface area contributed by atoms with Crippen LogP contribution in [0.25, 0.3) is 0 Å². The number of hydrogen-bond donors (Lipinski definition) is 1. The van der Waals surface area contributed by atoms with Crippen LogP contribution >= 0.6 is 27.7 Å². The number of aromatic nitrogens is 1. The first-order chi connectivity index (χ1) is 6.24. The normalized spacial score (nSPS) is 12.8. The van der Waals surface area contributed by atoms with E-state index in [-0.39, 0.29) is 6.61 Å². The molecule has 0 fully saturated rings. The molecule has 0 aromatic carbocycles. The van der Waals surface area contributed by atoms with Crippen molar-refractivity contribution < 1.29 is 5.11 Å². The topological polar surface area (TPSA) is 33.1 Å². The molecule has 4 heteroatoms. The summed E-state index contributed by atoms with van der Waals surface area (Å²) in [6.45, 7) is 2.25. The predicted octanol–water partition coefficient (Wildman–Crippen LogP) is 2.56. The first-order valence-corrected chi connectivity index (χ1v) is 5.86. The van der Waals surface area contributed by atoms with Gasteiger partial charge in [0.2, 0.25) is 0 Å². The first-order valence-electron chi connectivity index (χ1n) is 4.08. The lowest BCUT2D eigenvalue weighted by Gasteiger charge is -2.06. The van der Waals surface area contributed by atoms with Crippen LogP contribution in [-0.2, 0) is 0 Å². The van der Waals surface area contributed by atoms with Crippen molar-refractivity contribution in [2.75, 3.05) is 12.4 Å². The highest BCUT2D eigenvalue weighted by Gasteiger charge is 2.04. The fraction of sp³-hybridized carbons (Fsp3) is 0.444. The van der Waals surface area contributed by atoms with Gasteiger partial charge < -0.3 is 5.11 Å². The molecule has 1 heterocycles. The molecule has 2 nitrogen and oxygen atoms in total. The van der Waals surface area contributed by atoms with Gasteiger partial charge in [0.1, 0.15) is 5.03 Å². The Morgan fingerprint density at radius 1 is 1.69 bits per heavy atom. The van der Waals surface area contributed by atoms with Crippen LogP contribution in [0.4, 0.5) is 0 Å². The number of rotatable bonds is 4. The number of hydrogen-bond acceptors (Lipinski definition) is 3. The van der Waals surface area contributed by atoms with E-state index in [1.165, 1.54) is 0 Å². The van der Waals surface area contributed by atoms with Crippen molar-refractivity contribution in [3.8, 4) is 0 Å². The Bertz CT molecular complexity index is 270. The van der Waals surface area contributed by atoms with E-state index in [9.17, 15) is 0 Å². The lowest BCUT2D eigenvalue weighted by Crippen LogP contribution is -2.03. The van der Waals surface area contributed by atoms with E-state index in [2.05, 4.69) is 20.9 Å². The molecule has 13 heavy (non-hydrogen) atoms. The number of aliphatic hydroxyl groups excluding tert-OH is 1. The molecule has 1 aromatic rings. The van der Waals surface area contributed by atoms with Crippen LogP contribution in [0.1, 0.15) is 6.92 Å². The highest BCUT2D eigenvalue weighted by molar-refractivity contribution is 9.10. The van der Waals surface area contributed by atoms with Crippen LogP contribution in [0.2, 0.25) is 0 Å². The fourth-order valence-corrected chi connectivity index (χ4v) is 2.24. The van der Waals surface area contributed by atoms with Crippen LogP contribution in [0.15, 0.2) is 27.8 Å². The van der Waals surface area contributed by atoms with Crippen molar-refractivity contribution >= 4 is 27.7 Å². The molecule has 1 unspecified atom stereocenters. The minimum Gasteiger partial charge on any atom is -0.396 e. The van der Waals surface area contributed by atoms with Gasteiger partial charge in [-0.25, -0.2) is 4.98 Å². The molecule has 0 aliphatic heterocycles. The van der Waals surface area contributed by atoms with Crippen molar-refractivity contribution in [2.45, 2.75) is 11.9 Å². The molecule has 1 aromatic heterocycles. The van der Waals surface area contributed by atoms with Crippen LogP contribution < -0.4 is 0 Å². The number of thioether (sulfide) groups is 1. The molecule has 0 bridgehead atoms. The second-order valence-electron chi connectivity index (χ2n) is 2.89. The van der Waals surface area contributed by atoms with Gasteiger partial charge in [0.05, 0.1) is 0 Å². The van der Waals surface area contributed by atoms with E-state index in [0.29, 0.717) is 5.92 Å². The number of pyridine rings is 1. The summed E-state index contributed by atoms with van der Waals surface area (Å²) in [4.78, 5) is 4.22. The molecule has 0 saturated carbocycles. The summed E-state index contributed by atoms with van der Waals surface area (Å²) in [6, 6.07) is 3.86. The highest BCUT2D eigenvalue weighted by Crippen LogP contribution is 2.25. The molecule has 1 N–H and O–H groups in total. The fourth-order valence-electron chi connectivity index (χ4n) is 0.751. The standard InChI is InChI=1S/C9H12BrNOS/c1-7(5-12)6-13-9-8(10)3-2-4-11-9/h2-4,7,12H,5-6H2,1H3. The number of halogens is 1. The van der Waals surface area contributed by atoms with Gasteiger partial charge >= 0.3 is 0 Å². The van der Waals surface area contributed by atoms with E-state index in [1.807, 2.05) is 19.1 Å². The summed E-state index contributed by atoms with van der Waals surface area (Å²) in [5.74, 6) is 1.21. The predicted molar refractivity (Wildman–Crippen MR) is 58.9 cm³/mol. The SMILES string of the molecule is CC(CO)CSc1ncccc1Br. The van der Waals surface area contributed by atoms with E-state index < -0.39 is 0 Å². The Morgan fingerprint density at radius 2 is 2.46 bits per heavy atom. The molecule has 0 aliphatic carbocycles. The van der Waals surface area contributed by atoms with Gasteiger partial charge in [-0.3, -0.25) is 0 Å². The van der Waals surface area contributed by atoms with E-state index in [0.717, 1.165) is 15.3 Å². The average molecular weight is 262 g/mol. The van der Waals surface area contributed by atoms with Gasteiger partial charge in [0, 0.05) is 23.0 Å². The molecule has 72 valence electrons. The van der Waals surface area contributed by atoms with Crippen molar-refractivity contribution in [1.29, 1.82) is 0 Å². The minimum absolute atomic E-state index is 0.234. The maximum absolute atomic E-state index is 8.84. The third kappa shape index (κ3) is 3.67. The van der Waals surface area contributed by atoms with Gasteiger partial charge in [-0.2, -0.15) is 0 Å². The zero-order valence-corrected chi connectivity index (χ0v) is 9.81. The Morgan fingerprint density at radius 3 is 3.08 bits per heavy atom. The quantitative estimate of drug-likeness (QED) is 0.846. The Balaban J connectivity index is 2.50. The molecule has 0 aliphatic rings. The Hall–Kier alpha value is -0.0600. The molecule has 0 saturated heterocycles. The highest BCUT2D eigenvalue weighted by atomic mass is 79.9. The number of aliphatic hydroxyl groups is 1. The molecule has 1 atom stereocenters. The van der Waals surface area contributed by atoms with Gasteiger partial charge in [0.25, 0.3) is 0 Å². The first kappa shape index (κ1) is 11.0. The van der Waals surface area contributed by atoms with Crippen LogP contribution in [-0.4, -0.2) is 22.5 Å². The summed E-state index contributed by atoms with van der Waals surface area (Å²) >= 11 is 5.08. The summed E-state index contributed by atoms with van der Waals surface area (Å²) < 4.78 is 1.02. The molecule has 0 radical (unpaired) electrons. The number of nitrogens with zero attached hydrogens (tertiary/aromatic N) is 1. The van der Waals surface area contributed by atoms with Crippen LogP contribution in [0.5, 0.6) is 0 Å². The minimum atomic E-state index is 0.234. The van der Waals surface area contributed by atoms with Crippen molar-refractivity contribution in [3.05, 3.63) is 22.8 Å². The largest absolute Gasteiger partial charge is 0.396 e. The lowest BCUT2D eigenvalue weighted by molar-refractivity contribution is 0.250. The third-order valence-electron chi connectivity index (χ3n) is 1.54. The smallest absolute Gasteiger partial charge is 0.110 e. The summed E-state index contributed by atoms with van der Waals surface area (Å²) in [5, 5.41) is 9.83. The molecule has 1 rings (SSSR count).